The first-order chi connectivity index (χ1) is 5.52. The van der Waals surface area contributed by atoms with Crippen molar-refractivity contribution in [1.82, 2.24) is 9.97 Å². The Hall–Kier alpha value is -1.37. The molecule has 0 bridgehead atoms. The molecular weight excluding hydrogens is 228 g/mol. The highest BCUT2D eigenvalue weighted by molar-refractivity contribution is 9.10. The summed E-state index contributed by atoms with van der Waals surface area (Å²) in [6.07, 6.45) is 0. The zero-order chi connectivity index (χ0) is 9.30. The molecule has 6 nitrogen and oxygen atoms in total. The molecule has 0 aliphatic carbocycles. The molecule has 0 saturated heterocycles. The zero-order valence-electron chi connectivity index (χ0n) is 5.78. The van der Waals surface area contributed by atoms with E-state index in [0.717, 1.165) is 0 Å². The molecule has 0 spiro atoms. The molecule has 1 heterocycles. The van der Waals surface area contributed by atoms with E-state index in [1.807, 2.05) is 0 Å². The van der Waals surface area contributed by atoms with Crippen molar-refractivity contribution < 1.29 is 9.90 Å². The van der Waals surface area contributed by atoms with E-state index in [-0.39, 0.29) is 21.9 Å². The molecule has 1 aromatic heterocycles. The van der Waals surface area contributed by atoms with Gasteiger partial charge in [0.1, 0.15) is 4.60 Å². The number of nitrogens with two attached hydrogens (primary N) is 2. The summed E-state index contributed by atoms with van der Waals surface area (Å²) in [5.41, 5.74) is 10.2. The van der Waals surface area contributed by atoms with E-state index < -0.39 is 5.97 Å². The van der Waals surface area contributed by atoms with Crippen molar-refractivity contribution in [3.63, 3.8) is 0 Å². The Morgan fingerprint density at radius 2 is 1.92 bits per heavy atom. The molecule has 0 unspecified atom stereocenters. The Morgan fingerprint density at radius 1 is 1.33 bits per heavy atom. The fourth-order valence-corrected chi connectivity index (χ4v) is 0.865. The van der Waals surface area contributed by atoms with Gasteiger partial charge in [-0.2, -0.15) is 0 Å². The number of hydrogen-bond acceptors (Lipinski definition) is 5. The molecule has 5 N–H and O–H groups in total. The molecule has 0 aliphatic heterocycles. The van der Waals surface area contributed by atoms with Gasteiger partial charge in [-0.3, -0.25) is 0 Å². The van der Waals surface area contributed by atoms with Crippen molar-refractivity contribution in [1.29, 1.82) is 0 Å². The Balaban J connectivity index is 3.33. The largest absolute Gasteiger partial charge is 0.476 e. The maximum Gasteiger partial charge on any atom is 0.358 e. The molecule has 0 amide bonds. The summed E-state index contributed by atoms with van der Waals surface area (Å²) in [6, 6.07) is 0. The minimum atomic E-state index is -1.24. The van der Waals surface area contributed by atoms with Gasteiger partial charge < -0.3 is 16.6 Å². The standard InChI is InChI=1S/C5H5BrN4O2/c6-2-4(8)10-3(7)1(9-2)5(11)12/h(H,11,12)(H4,7,8,10). The highest BCUT2D eigenvalue weighted by atomic mass is 79.9. The van der Waals surface area contributed by atoms with Crippen LogP contribution in [-0.4, -0.2) is 21.0 Å². The van der Waals surface area contributed by atoms with E-state index in [9.17, 15) is 4.79 Å². The fraction of sp³-hybridized carbons (Fsp3) is 0. The molecule has 12 heavy (non-hydrogen) atoms. The minimum Gasteiger partial charge on any atom is -0.476 e. The molecule has 0 radical (unpaired) electrons. The van der Waals surface area contributed by atoms with Crippen molar-refractivity contribution >= 4 is 33.5 Å². The number of rotatable bonds is 1. The van der Waals surface area contributed by atoms with Crippen LogP contribution in [0.15, 0.2) is 4.60 Å². The lowest BCUT2D eigenvalue weighted by Gasteiger charge is -2.01. The van der Waals surface area contributed by atoms with Crippen LogP contribution in [-0.2, 0) is 0 Å². The first kappa shape index (κ1) is 8.72. The van der Waals surface area contributed by atoms with E-state index in [0.29, 0.717) is 0 Å². The van der Waals surface area contributed by atoms with Gasteiger partial charge in [0.05, 0.1) is 0 Å². The summed E-state index contributed by atoms with van der Waals surface area (Å²) in [6.45, 7) is 0. The molecule has 0 atom stereocenters. The van der Waals surface area contributed by atoms with Crippen molar-refractivity contribution in [2.75, 3.05) is 11.5 Å². The molecule has 0 aromatic carbocycles. The lowest BCUT2D eigenvalue weighted by molar-refractivity contribution is 0.0691. The van der Waals surface area contributed by atoms with Crippen LogP contribution < -0.4 is 11.5 Å². The Bertz CT molecular complexity index is 340. The quantitative estimate of drug-likeness (QED) is 0.633. The summed E-state index contributed by atoms with van der Waals surface area (Å²) >= 11 is 2.93. The van der Waals surface area contributed by atoms with Crippen LogP contribution in [0.5, 0.6) is 0 Å². The maximum atomic E-state index is 10.4. The van der Waals surface area contributed by atoms with Crippen LogP contribution in [0.4, 0.5) is 11.6 Å². The van der Waals surface area contributed by atoms with E-state index in [1.165, 1.54) is 0 Å². The van der Waals surface area contributed by atoms with Gasteiger partial charge in [0.25, 0.3) is 0 Å². The van der Waals surface area contributed by atoms with Gasteiger partial charge in [0.15, 0.2) is 17.3 Å². The number of hydrogen-bond donors (Lipinski definition) is 3. The highest BCUT2D eigenvalue weighted by Crippen LogP contribution is 2.17. The third-order valence-electron chi connectivity index (χ3n) is 1.11. The average molecular weight is 233 g/mol. The highest BCUT2D eigenvalue weighted by Gasteiger charge is 2.13. The number of nitrogen functional groups attached to an aromatic ring is 2. The SMILES string of the molecule is Nc1nc(N)c(C(=O)O)nc1Br. The van der Waals surface area contributed by atoms with Crippen LogP contribution >= 0.6 is 15.9 Å². The van der Waals surface area contributed by atoms with Crippen LogP contribution in [0.25, 0.3) is 0 Å². The number of halogens is 1. The zero-order valence-corrected chi connectivity index (χ0v) is 7.37. The van der Waals surface area contributed by atoms with Gasteiger partial charge in [-0.25, -0.2) is 14.8 Å². The van der Waals surface area contributed by atoms with E-state index in [2.05, 4.69) is 25.9 Å². The Morgan fingerprint density at radius 3 is 2.42 bits per heavy atom. The second-order valence-corrected chi connectivity index (χ2v) is 2.69. The second-order valence-electron chi connectivity index (χ2n) is 1.94. The number of anilines is 2. The van der Waals surface area contributed by atoms with Crippen molar-refractivity contribution in [3.05, 3.63) is 10.3 Å². The molecule has 7 heteroatoms. The fourth-order valence-electron chi connectivity index (χ4n) is 0.599. The summed E-state index contributed by atoms with van der Waals surface area (Å²) in [7, 11) is 0. The molecule has 0 saturated carbocycles. The minimum absolute atomic E-state index is 0.0671. The van der Waals surface area contributed by atoms with Crippen LogP contribution in [0.3, 0.4) is 0 Å². The van der Waals surface area contributed by atoms with Crippen molar-refractivity contribution in [2.45, 2.75) is 0 Å². The number of aromatic nitrogens is 2. The second kappa shape index (κ2) is 2.94. The monoisotopic (exact) mass is 232 g/mol. The summed E-state index contributed by atoms with van der Waals surface area (Å²) in [4.78, 5) is 17.6. The lowest BCUT2D eigenvalue weighted by atomic mass is 10.4. The first-order valence-electron chi connectivity index (χ1n) is 2.84. The lowest BCUT2D eigenvalue weighted by Crippen LogP contribution is -2.10. The summed E-state index contributed by atoms with van der Waals surface area (Å²) in [5.74, 6) is -1.36. The van der Waals surface area contributed by atoms with Gasteiger partial charge in [0, 0.05) is 0 Å². The van der Waals surface area contributed by atoms with Gasteiger partial charge in [0.2, 0.25) is 0 Å². The third kappa shape index (κ3) is 1.45. The Kier molecular flexibility index (Phi) is 2.13. The number of nitrogens with zero attached hydrogens (tertiary/aromatic N) is 2. The third-order valence-corrected chi connectivity index (χ3v) is 1.69. The number of aromatic carboxylic acids is 1. The molecule has 0 fully saturated rings. The van der Waals surface area contributed by atoms with Gasteiger partial charge >= 0.3 is 5.97 Å². The molecule has 1 aromatic rings. The van der Waals surface area contributed by atoms with Crippen LogP contribution in [0.1, 0.15) is 10.5 Å². The summed E-state index contributed by atoms with van der Waals surface area (Å²) < 4.78 is 0.175. The van der Waals surface area contributed by atoms with Gasteiger partial charge in [-0.05, 0) is 15.9 Å². The predicted octanol–water partition coefficient (Wildman–Crippen LogP) is 0.102. The topological polar surface area (TPSA) is 115 Å². The number of carboxylic acids is 1. The molecule has 1 rings (SSSR count). The van der Waals surface area contributed by atoms with Crippen molar-refractivity contribution in [2.24, 2.45) is 0 Å². The molecule has 64 valence electrons. The Labute approximate surface area is 75.7 Å². The average Bonchev–Trinajstić information content (AvgIpc) is 1.96. The van der Waals surface area contributed by atoms with Crippen molar-refractivity contribution in [3.8, 4) is 0 Å². The summed E-state index contributed by atoms with van der Waals surface area (Å²) in [5, 5.41) is 8.54. The molecule has 0 aliphatic rings. The molecular formula is C5H5BrN4O2. The maximum absolute atomic E-state index is 10.4. The van der Waals surface area contributed by atoms with Gasteiger partial charge in [-0.15, -0.1) is 0 Å². The van der Waals surface area contributed by atoms with E-state index in [4.69, 9.17) is 16.6 Å². The van der Waals surface area contributed by atoms with Crippen LogP contribution in [0.2, 0.25) is 0 Å². The number of carboxylic acid groups (broad SMARTS) is 1. The smallest absolute Gasteiger partial charge is 0.358 e. The predicted molar refractivity (Wildman–Crippen MR) is 45.5 cm³/mol. The normalized spacial score (nSPS) is 9.75. The number of carbonyl (C=O) groups is 1. The first-order valence-corrected chi connectivity index (χ1v) is 3.63. The van der Waals surface area contributed by atoms with Gasteiger partial charge in [-0.1, -0.05) is 0 Å². The van der Waals surface area contributed by atoms with E-state index >= 15 is 0 Å². The van der Waals surface area contributed by atoms with Crippen LogP contribution in [0, 0.1) is 0 Å². The van der Waals surface area contributed by atoms with E-state index in [1.54, 1.807) is 0 Å².